The molecule has 0 bridgehead atoms. The molecule has 7 heteroatoms. The van der Waals surface area contributed by atoms with E-state index in [1.807, 2.05) is 12.1 Å². The van der Waals surface area contributed by atoms with Crippen LogP contribution in [0, 0.1) is 10.1 Å². The highest BCUT2D eigenvalue weighted by Crippen LogP contribution is 2.38. The maximum absolute atomic E-state index is 13.2. The first-order chi connectivity index (χ1) is 13.1. The van der Waals surface area contributed by atoms with Gasteiger partial charge in [-0.05, 0) is 29.8 Å². The Labute approximate surface area is 158 Å². The molecule has 3 rings (SSSR count). The quantitative estimate of drug-likeness (QED) is 0.210. The van der Waals surface area contributed by atoms with Crippen LogP contribution in [0.3, 0.4) is 0 Å². The average molecular weight is 381 g/mol. The molecule has 0 spiro atoms. The normalized spacial score (nSPS) is 12.8. The van der Waals surface area contributed by atoms with Gasteiger partial charge in [-0.1, -0.05) is 48.5 Å². The van der Waals surface area contributed by atoms with Crippen LogP contribution in [0.25, 0.3) is 0 Å². The minimum atomic E-state index is -1.60. The van der Waals surface area contributed by atoms with Gasteiger partial charge in [-0.25, -0.2) is 4.79 Å². The third-order valence-corrected chi connectivity index (χ3v) is 4.44. The van der Waals surface area contributed by atoms with Gasteiger partial charge in [-0.3, -0.25) is 10.1 Å². The highest BCUT2D eigenvalue weighted by Gasteiger charge is 2.45. The van der Waals surface area contributed by atoms with Gasteiger partial charge in [0, 0.05) is 27.2 Å². The first kappa shape index (κ1) is 18.7. The molecule has 0 amide bonds. The molecule has 0 aliphatic heterocycles. The predicted octanol–water partition coefficient (Wildman–Crippen LogP) is 4.25. The summed E-state index contributed by atoms with van der Waals surface area (Å²) in [5.74, 6) is -0.296. The SMILES string of the molecule is O=C(Oc1ccccc1)C(OP)(c1ccccc1)c1ccc([N+](=O)[O-])cc1. The number of ether oxygens (including phenoxy) is 1. The van der Waals surface area contributed by atoms with Gasteiger partial charge >= 0.3 is 5.97 Å². The highest BCUT2D eigenvalue weighted by molar-refractivity contribution is 7.10. The van der Waals surface area contributed by atoms with E-state index in [2.05, 4.69) is 9.47 Å². The number of hydrogen-bond acceptors (Lipinski definition) is 5. The van der Waals surface area contributed by atoms with E-state index < -0.39 is 16.5 Å². The van der Waals surface area contributed by atoms with Crippen molar-refractivity contribution in [1.29, 1.82) is 0 Å². The van der Waals surface area contributed by atoms with Crippen LogP contribution < -0.4 is 4.74 Å². The first-order valence-electron chi connectivity index (χ1n) is 8.03. The van der Waals surface area contributed by atoms with Gasteiger partial charge in [0.15, 0.2) is 0 Å². The van der Waals surface area contributed by atoms with E-state index >= 15 is 0 Å². The van der Waals surface area contributed by atoms with Crippen molar-refractivity contribution in [2.24, 2.45) is 0 Å². The molecule has 0 aromatic heterocycles. The van der Waals surface area contributed by atoms with E-state index in [1.165, 1.54) is 24.3 Å². The number of rotatable bonds is 6. The summed E-state index contributed by atoms with van der Waals surface area (Å²) in [6.45, 7) is 0. The Morgan fingerprint density at radius 1 is 0.852 bits per heavy atom. The van der Waals surface area contributed by atoms with Crippen LogP contribution in [0.2, 0.25) is 0 Å². The van der Waals surface area contributed by atoms with Crippen molar-refractivity contribution in [2.75, 3.05) is 0 Å². The molecule has 3 aromatic rings. The second-order valence-electron chi connectivity index (χ2n) is 5.67. The van der Waals surface area contributed by atoms with Crippen LogP contribution in [-0.2, 0) is 14.9 Å². The Bertz CT molecular complexity index is 932. The highest BCUT2D eigenvalue weighted by atomic mass is 31.0. The molecule has 0 heterocycles. The molecule has 136 valence electrons. The molecule has 2 atom stereocenters. The monoisotopic (exact) mass is 381 g/mol. The number of nitro benzene ring substituents is 1. The van der Waals surface area contributed by atoms with Crippen molar-refractivity contribution >= 4 is 21.1 Å². The minimum Gasteiger partial charge on any atom is -0.424 e. The largest absolute Gasteiger partial charge is 0.424 e. The van der Waals surface area contributed by atoms with Crippen LogP contribution in [0.5, 0.6) is 5.75 Å². The van der Waals surface area contributed by atoms with Gasteiger partial charge in [0.05, 0.1) is 4.92 Å². The summed E-state index contributed by atoms with van der Waals surface area (Å²) in [4.78, 5) is 23.6. The van der Waals surface area contributed by atoms with Crippen molar-refractivity contribution in [3.05, 3.63) is 106 Å². The second kappa shape index (κ2) is 8.08. The fraction of sp³-hybridized carbons (Fsp3) is 0.0500. The average Bonchev–Trinajstić information content (AvgIpc) is 2.71. The molecule has 0 aliphatic carbocycles. The fourth-order valence-electron chi connectivity index (χ4n) is 2.74. The number of para-hydroxylation sites is 1. The van der Waals surface area contributed by atoms with Crippen molar-refractivity contribution in [3.8, 4) is 5.75 Å². The van der Waals surface area contributed by atoms with E-state index in [0.717, 1.165) is 0 Å². The van der Waals surface area contributed by atoms with E-state index in [0.29, 0.717) is 16.9 Å². The van der Waals surface area contributed by atoms with Crippen LogP contribution in [0.1, 0.15) is 11.1 Å². The number of carbonyl (C=O) groups is 1. The van der Waals surface area contributed by atoms with E-state index in [1.54, 1.807) is 48.5 Å². The minimum absolute atomic E-state index is 0.0825. The lowest BCUT2D eigenvalue weighted by atomic mass is 9.86. The van der Waals surface area contributed by atoms with Crippen LogP contribution in [0.4, 0.5) is 5.69 Å². The zero-order valence-electron chi connectivity index (χ0n) is 14.1. The fourth-order valence-corrected chi connectivity index (χ4v) is 3.11. The smallest absolute Gasteiger partial charge is 0.353 e. The zero-order chi connectivity index (χ0) is 19.3. The molecule has 0 fully saturated rings. The van der Waals surface area contributed by atoms with Crippen molar-refractivity contribution < 1.29 is 19.0 Å². The Kier molecular flexibility index (Phi) is 5.60. The summed E-state index contributed by atoms with van der Waals surface area (Å²) in [5, 5.41) is 11.0. The second-order valence-corrected chi connectivity index (χ2v) is 5.91. The third kappa shape index (κ3) is 3.72. The summed E-state index contributed by atoms with van der Waals surface area (Å²) in [6.07, 6.45) is 0. The standard InChI is InChI=1S/C20H16NO5P/c22-19(25-18-9-5-2-6-10-18)20(26-27,15-7-3-1-4-8-15)16-11-13-17(14-12-16)21(23)24/h1-14H,27H2. The summed E-state index contributed by atoms with van der Waals surface area (Å²) in [7, 11) is 2.10. The van der Waals surface area contributed by atoms with Gasteiger partial charge in [0.2, 0.25) is 5.60 Å². The number of non-ortho nitro benzene ring substituents is 1. The first-order valence-corrected chi connectivity index (χ1v) is 8.51. The Morgan fingerprint density at radius 2 is 1.37 bits per heavy atom. The molecule has 6 nitrogen and oxygen atoms in total. The third-order valence-electron chi connectivity index (χ3n) is 4.08. The molecule has 0 saturated heterocycles. The summed E-state index contributed by atoms with van der Waals surface area (Å²) < 4.78 is 11.2. The molecule has 0 saturated carbocycles. The van der Waals surface area contributed by atoms with E-state index in [4.69, 9.17) is 9.26 Å². The molecular formula is C20H16NO5P. The number of nitro groups is 1. The van der Waals surface area contributed by atoms with Gasteiger partial charge in [-0.15, -0.1) is 0 Å². The van der Waals surface area contributed by atoms with E-state index in [9.17, 15) is 14.9 Å². The molecular weight excluding hydrogens is 365 g/mol. The summed E-state index contributed by atoms with van der Waals surface area (Å²) in [6, 6.07) is 23.1. The molecule has 27 heavy (non-hydrogen) atoms. The molecule has 0 aliphatic rings. The Hall–Kier alpha value is -3.08. The van der Waals surface area contributed by atoms with Crippen LogP contribution >= 0.6 is 9.47 Å². The van der Waals surface area contributed by atoms with Crippen LogP contribution in [-0.4, -0.2) is 10.9 Å². The Morgan fingerprint density at radius 3 is 1.89 bits per heavy atom. The van der Waals surface area contributed by atoms with Crippen LogP contribution in [0.15, 0.2) is 84.9 Å². The summed E-state index contributed by atoms with van der Waals surface area (Å²) in [5.41, 5.74) is -0.734. The molecule has 0 radical (unpaired) electrons. The molecule has 0 N–H and O–H groups in total. The summed E-state index contributed by atoms with van der Waals surface area (Å²) >= 11 is 0. The van der Waals surface area contributed by atoms with Gasteiger partial charge < -0.3 is 9.26 Å². The molecule has 3 aromatic carbocycles. The number of benzene rings is 3. The number of esters is 1. The maximum atomic E-state index is 13.2. The predicted molar refractivity (Wildman–Crippen MR) is 103 cm³/mol. The number of carbonyl (C=O) groups excluding carboxylic acids is 1. The van der Waals surface area contributed by atoms with Crippen molar-refractivity contribution in [3.63, 3.8) is 0 Å². The van der Waals surface area contributed by atoms with Crippen molar-refractivity contribution in [1.82, 2.24) is 0 Å². The number of nitrogens with zero attached hydrogens (tertiary/aromatic N) is 1. The lowest BCUT2D eigenvalue weighted by Gasteiger charge is -2.30. The van der Waals surface area contributed by atoms with E-state index in [-0.39, 0.29) is 5.69 Å². The van der Waals surface area contributed by atoms with Gasteiger partial charge in [-0.2, -0.15) is 0 Å². The topological polar surface area (TPSA) is 78.7 Å². The zero-order valence-corrected chi connectivity index (χ0v) is 15.3. The maximum Gasteiger partial charge on any atom is 0.353 e. The lowest BCUT2D eigenvalue weighted by Crippen LogP contribution is -2.41. The van der Waals surface area contributed by atoms with Crippen molar-refractivity contribution in [2.45, 2.75) is 5.60 Å². The Balaban J connectivity index is 2.10. The van der Waals surface area contributed by atoms with Gasteiger partial charge in [0.1, 0.15) is 5.75 Å². The van der Waals surface area contributed by atoms with Gasteiger partial charge in [0.25, 0.3) is 5.69 Å². The number of hydrogen-bond donors (Lipinski definition) is 0. The lowest BCUT2D eigenvalue weighted by molar-refractivity contribution is -0.384. The molecule has 2 unspecified atom stereocenters.